The van der Waals surface area contributed by atoms with Crippen molar-refractivity contribution in [1.82, 2.24) is 4.57 Å². The third-order valence-corrected chi connectivity index (χ3v) is 3.76. The minimum absolute atomic E-state index is 0.728. The predicted octanol–water partition coefficient (Wildman–Crippen LogP) is 3.85. The van der Waals surface area contributed by atoms with E-state index >= 15 is 0 Å². The molecule has 0 saturated heterocycles. The van der Waals surface area contributed by atoms with Crippen molar-refractivity contribution < 1.29 is 0 Å². The van der Waals surface area contributed by atoms with Gasteiger partial charge in [-0.25, -0.2) is 0 Å². The SMILES string of the molecule is Cc1c2n(c3ccccc13)CCCC2C. The maximum Gasteiger partial charge on any atom is 0.0485 e. The number of nitrogens with zero attached hydrogens (tertiary/aromatic N) is 1. The molecule has 2 aromatic rings. The summed E-state index contributed by atoms with van der Waals surface area (Å²) in [5.41, 5.74) is 4.50. The fraction of sp³-hybridized carbons (Fsp3) is 0.429. The average molecular weight is 199 g/mol. The monoisotopic (exact) mass is 199 g/mol. The first kappa shape index (κ1) is 9.02. The molecule has 1 aliphatic heterocycles. The van der Waals surface area contributed by atoms with Crippen LogP contribution in [0.1, 0.15) is 36.9 Å². The Bertz CT molecular complexity index is 507. The Balaban J connectivity index is 2.40. The first-order valence-electron chi connectivity index (χ1n) is 5.87. The molecule has 1 aromatic carbocycles. The lowest BCUT2D eigenvalue weighted by Gasteiger charge is -2.23. The Kier molecular flexibility index (Phi) is 1.88. The summed E-state index contributed by atoms with van der Waals surface area (Å²) >= 11 is 0. The summed E-state index contributed by atoms with van der Waals surface area (Å²) in [7, 11) is 0. The van der Waals surface area contributed by atoms with E-state index in [1.807, 2.05) is 0 Å². The van der Waals surface area contributed by atoms with Gasteiger partial charge in [-0.3, -0.25) is 0 Å². The highest BCUT2D eigenvalue weighted by atomic mass is 15.0. The van der Waals surface area contributed by atoms with Crippen LogP contribution in [0.4, 0.5) is 0 Å². The first-order chi connectivity index (χ1) is 7.29. The fourth-order valence-electron chi connectivity index (χ4n) is 3.07. The van der Waals surface area contributed by atoms with Crippen LogP contribution in [0.25, 0.3) is 10.9 Å². The molecule has 0 N–H and O–H groups in total. The van der Waals surface area contributed by atoms with Crippen LogP contribution in [0.3, 0.4) is 0 Å². The summed E-state index contributed by atoms with van der Waals surface area (Å²) in [4.78, 5) is 0. The van der Waals surface area contributed by atoms with Crippen LogP contribution in [0.2, 0.25) is 0 Å². The van der Waals surface area contributed by atoms with Crippen molar-refractivity contribution in [1.29, 1.82) is 0 Å². The molecular weight excluding hydrogens is 182 g/mol. The lowest BCUT2D eigenvalue weighted by Crippen LogP contribution is -2.13. The molecule has 0 spiro atoms. The van der Waals surface area contributed by atoms with E-state index in [1.54, 1.807) is 5.69 Å². The van der Waals surface area contributed by atoms with Crippen LogP contribution in [-0.4, -0.2) is 4.57 Å². The van der Waals surface area contributed by atoms with Crippen molar-refractivity contribution >= 4 is 10.9 Å². The van der Waals surface area contributed by atoms with Gasteiger partial charge in [0.15, 0.2) is 0 Å². The van der Waals surface area contributed by atoms with Crippen molar-refractivity contribution in [3.63, 3.8) is 0 Å². The van der Waals surface area contributed by atoms with E-state index in [4.69, 9.17) is 0 Å². The Morgan fingerprint density at radius 2 is 2.07 bits per heavy atom. The van der Waals surface area contributed by atoms with E-state index < -0.39 is 0 Å². The normalized spacial score (nSPS) is 20.5. The maximum absolute atomic E-state index is 2.53. The van der Waals surface area contributed by atoms with E-state index in [2.05, 4.69) is 42.7 Å². The van der Waals surface area contributed by atoms with Gasteiger partial charge in [-0.15, -0.1) is 0 Å². The molecule has 1 unspecified atom stereocenters. The number of fused-ring (bicyclic) bond motifs is 3. The summed E-state index contributed by atoms with van der Waals surface area (Å²) < 4.78 is 2.53. The van der Waals surface area contributed by atoms with E-state index in [0.29, 0.717) is 0 Å². The molecule has 1 nitrogen and oxygen atoms in total. The molecule has 1 aromatic heterocycles. The summed E-state index contributed by atoms with van der Waals surface area (Å²) in [5, 5.41) is 1.45. The molecule has 0 bridgehead atoms. The molecular formula is C14H17N. The number of benzene rings is 1. The zero-order valence-corrected chi connectivity index (χ0v) is 9.46. The standard InChI is InChI=1S/C14H17N/c1-10-6-5-9-15-13-8-4-3-7-12(13)11(2)14(10)15/h3-4,7-8,10H,5-6,9H2,1-2H3. The van der Waals surface area contributed by atoms with Crippen molar-refractivity contribution in [3.8, 4) is 0 Å². The molecule has 1 heteroatoms. The maximum atomic E-state index is 2.53. The number of aryl methyl sites for hydroxylation is 2. The second kappa shape index (κ2) is 3.13. The van der Waals surface area contributed by atoms with E-state index in [-0.39, 0.29) is 0 Å². The zero-order chi connectivity index (χ0) is 10.4. The number of hydrogen-bond donors (Lipinski definition) is 0. The van der Waals surface area contributed by atoms with Crippen molar-refractivity contribution in [2.75, 3.05) is 0 Å². The minimum Gasteiger partial charge on any atom is -0.344 e. The van der Waals surface area contributed by atoms with Crippen LogP contribution >= 0.6 is 0 Å². The van der Waals surface area contributed by atoms with Crippen molar-refractivity contribution in [2.45, 2.75) is 39.2 Å². The van der Waals surface area contributed by atoms with Crippen LogP contribution in [0.5, 0.6) is 0 Å². The van der Waals surface area contributed by atoms with Gasteiger partial charge >= 0.3 is 0 Å². The lowest BCUT2D eigenvalue weighted by atomic mass is 9.95. The average Bonchev–Trinajstić information content (AvgIpc) is 2.55. The van der Waals surface area contributed by atoms with Gasteiger partial charge in [-0.05, 0) is 37.3 Å². The third-order valence-electron chi connectivity index (χ3n) is 3.76. The third kappa shape index (κ3) is 1.16. The smallest absolute Gasteiger partial charge is 0.0485 e. The number of para-hydroxylation sites is 1. The second-order valence-corrected chi connectivity index (χ2v) is 4.72. The molecule has 2 heterocycles. The highest BCUT2D eigenvalue weighted by Crippen LogP contribution is 2.36. The number of aromatic nitrogens is 1. The number of rotatable bonds is 0. The van der Waals surface area contributed by atoms with Crippen LogP contribution < -0.4 is 0 Å². The van der Waals surface area contributed by atoms with Crippen LogP contribution in [0, 0.1) is 6.92 Å². The Morgan fingerprint density at radius 1 is 1.27 bits per heavy atom. The van der Waals surface area contributed by atoms with E-state index in [1.165, 1.54) is 35.9 Å². The highest BCUT2D eigenvalue weighted by molar-refractivity contribution is 5.85. The quantitative estimate of drug-likeness (QED) is 0.607. The fourth-order valence-corrected chi connectivity index (χ4v) is 3.07. The Hall–Kier alpha value is -1.24. The second-order valence-electron chi connectivity index (χ2n) is 4.72. The molecule has 0 amide bonds. The van der Waals surface area contributed by atoms with Gasteiger partial charge in [0.2, 0.25) is 0 Å². The first-order valence-corrected chi connectivity index (χ1v) is 5.87. The van der Waals surface area contributed by atoms with Crippen LogP contribution in [0.15, 0.2) is 24.3 Å². The summed E-state index contributed by atoms with van der Waals surface area (Å²) in [5.74, 6) is 0.728. The predicted molar refractivity (Wildman–Crippen MR) is 64.3 cm³/mol. The molecule has 1 aliphatic rings. The number of hydrogen-bond acceptors (Lipinski definition) is 0. The molecule has 3 rings (SSSR count). The van der Waals surface area contributed by atoms with Crippen molar-refractivity contribution in [2.24, 2.45) is 0 Å². The summed E-state index contributed by atoms with van der Waals surface area (Å²) in [6, 6.07) is 8.80. The molecule has 1 atom stereocenters. The molecule has 0 aliphatic carbocycles. The molecule has 0 fully saturated rings. The van der Waals surface area contributed by atoms with Gasteiger partial charge in [0.05, 0.1) is 0 Å². The van der Waals surface area contributed by atoms with Gasteiger partial charge in [0.1, 0.15) is 0 Å². The van der Waals surface area contributed by atoms with Gasteiger partial charge in [0.25, 0.3) is 0 Å². The Morgan fingerprint density at radius 3 is 2.93 bits per heavy atom. The largest absolute Gasteiger partial charge is 0.344 e. The lowest BCUT2D eigenvalue weighted by molar-refractivity contribution is 0.482. The summed E-state index contributed by atoms with van der Waals surface area (Å²) in [6.45, 7) is 5.83. The molecule has 0 saturated carbocycles. The molecule has 15 heavy (non-hydrogen) atoms. The van der Waals surface area contributed by atoms with Gasteiger partial charge in [0, 0.05) is 23.1 Å². The van der Waals surface area contributed by atoms with E-state index in [0.717, 1.165) is 5.92 Å². The van der Waals surface area contributed by atoms with Gasteiger partial charge < -0.3 is 4.57 Å². The topological polar surface area (TPSA) is 4.93 Å². The van der Waals surface area contributed by atoms with E-state index in [9.17, 15) is 0 Å². The molecule has 78 valence electrons. The Labute approximate surface area is 90.7 Å². The zero-order valence-electron chi connectivity index (χ0n) is 9.46. The van der Waals surface area contributed by atoms with Crippen molar-refractivity contribution in [3.05, 3.63) is 35.5 Å². The van der Waals surface area contributed by atoms with Gasteiger partial charge in [-0.2, -0.15) is 0 Å². The minimum atomic E-state index is 0.728. The molecule has 0 radical (unpaired) electrons. The van der Waals surface area contributed by atoms with Crippen LogP contribution in [-0.2, 0) is 6.54 Å². The van der Waals surface area contributed by atoms with Gasteiger partial charge in [-0.1, -0.05) is 25.1 Å². The summed E-state index contributed by atoms with van der Waals surface area (Å²) in [6.07, 6.45) is 2.67. The highest BCUT2D eigenvalue weighted by Gasteiger charge is 2.21.